The summed E-state index contributed by atoms with van der Waals surface area (Å²) in [6.07, 6.45) is 0. The molecular weight excluding hydrogens is 308 g/mol. The molecule has 0 unspecified atom stereocenters. The van der Waals surface area contributed by atoms with Gasteiger partial charge in [-0.25, -0.2) is 8.42 Å². The quantitative estimate of drug-likeness (QED) is 0.738. The van der Waals surface area contributed by atoms with E-state index < -0.39 is 10.0 Å². The van der Waals surface area contributed by atoms with Crippen molar-refractivity contribution in [3.63, 3.8) is 0 Å². The van der Waals surface area contributed by atoms with E-state index in [1.165, 1.54) is 0 Å². The van der Waals surface area contributed by atoms with Gasteiger partial charge in [0.2, 0.25) is 0 Å². The van der Waals surface area contributed by atoms with Crippen LogP contribution in [0.1, 0.15) is 0 Å². The SMILES string of the molecule is O=S(=O)(Nc1ccc(Nc2ccccc2)cc1)c1ccccc1. The van der Waals surface area contributed by atoms with Gasteiger partial charge in [0.15, 0.2) is 0 Å². The van der Waals surface area contributed by atoms with Crippen LogP contribution in [-0.2, 0) is 10.0 Å². The second kappa shape index (κ2) is 6.54. The summed E-state index contributed by atoms with van der Waals surface area (Å²) in [4.78, 5) is 0.242. The van der Waals surface area contributed by atoms with E-state index in [2.05, 4.69) is 10.0 Å². The Balaban J connectivity index is 1.73. The van der Waals surface area contributed by atoms with Gasteiger partial charge in [-0.05, 0) is 48.5 Å². The lowest BCUT2D eigenvalue weighted by molar-refractivity contribution is 0.601. The first-order valence-corrected chi connectivity index (χ1v) is 8.62. The molecule has 2 N–H and O–H groups in total. The first-order valence-electron chi connectivity index (χ1n) is 7.13. The van der Waals surface area contributed by atoms with Gasteiger partial charge in [-0.1, -0.05) is 36.4 Å². The third-order valence-corrected chi connectivity index (χ3v) is 4.65. The van der Waals surface area contributed by atoms with E-state index >= 15 is 0 Å². The number of nitrogens with one attached hydrogen (secondary N) is 2. The lowest BCUT2D eigenvalue weighted by atomic mass is 10.2. The minimum Gasteiger partial charge on any atom is -0.356 e. The zero-order valence-electron chi connectivity index (χ0n) is 12.3. The fraction of sp³-hybridized carbons (Fsp3) is 0. The van der Waals surface area contributed by atoms with E-state index in [0.717, 1.165) is 11.4 Å². The highest BCUT2D eigenvalue weighted by Crippen LogP contribution is 2.20. The molecule has 4 nitrogen and oxygen atoms in total. The van der Waals surface area contributed by atoms with Crippen molar-refractivity contribution in [1.82, 2.24) is 0 Å². The Morgan fingerprint density at radius 1 is 0.565 bits per heavy atom. The van der Waals surface area contributed by atoms with E-state index in [4.69, 9.17) is 0 Å². The summed E-state index contributed by atoms with van der Waals surface area (Å²) in [5.74, 6) is 0. The maximum atomic E-state index is 12.3. The number of benzene rings is 3. The molecule has 0 saturated heterocycles. The number of anilines is 3. The van der Waals surface area contributed by atoms with Crippen LogP contribution in [-0.4, -0.2) is 8.42 Å². The number of hydrogen-bond donors (Lipinski definition) is 2. The second-order valence-electron chi connectivity index (χ2n) is 4.99. The second-order valence-corrected chi connectivity index (χ2v) is 6.67. The van der Waals surface area contributed by atoms with E-state index in [1.807, 2.05) is 42.5 Å². The molecule has 0 aromatic heterocycles. The van der Waals surface area contributed by atoms with Gasteiger partial charge in [0.05, 0.1) is 4.90 Å². The Morgan fingerprint density at radius 2 is 1.04 bits per heavy atom. The van der Waals surface area contributed by atoms with Crippen molar-refractivity contribution in [3.8, 4) is 0 Å². The van der Waals surface area contributed by atoms with Gasteiger partial charge in [-0.2, -0.15) is 0 Å². The fourth-order valence-corrected chi connectivity index (χ4v) is 3.20. The molecule has 0 saturated carbocycles. The summed E-state index contributed by atoms with van der Waals surface area (Å²) >= 11 is 0. The van der Waals surface area contributed by atoms with E-state index in [9.17, 15) is 8.42 Å². The molecule has 0 atom stereocenters. The van der Waals surface area contributed by atoms with Crippen molar-refractivity contribution in [2.45, 2.75) is 4.90 Å². The third kappa shape index (κ3) is 3.90. The third-order valence-electron chi connectivity index (χ3n) is 3.25. The molecule has 3 aromatic carbocycles. The minimum atomic E-state index is -3.56. The average molecular weight is 324 g/mol. The molecule has 0 heterocycles. The van der Waals surface area contributed by atoms with Gasteiger partial charge in [0.25, 0.3) is 10.0 Å². The molecule has 23 heavy (non-hydrogen) atoms. The minimum absolute atomic E-state index is 0.242. The van der Waals surface area contributed by atoms with Crippen molar-refractivity contribution in [3.05, 3.63) is 84.9 Å². The monoisotopic (exact) mass is 324 g/mol. The number of rotatable bonds is 5. The molecule has 5 heteroatoms. The molecule has 0 aliphatic heterocycles. The first kappa shape index (κ1) is 15.1. The lowest BCUT2D eigenvalue weighted by Gasteiger charge is -2.10. The summed E-state index contributed by atoms with van der Waals surface area (Å²) in [6, 6.07) is 25.2. The molecule has 3 aromatic rings. The van der Waals surface area contributed by atoms with Gasteiger partial charge >= 0.3 is 0 Å². The van der Waals surface area contributed by atoms with Crippen LogP contribution in [0.15, 0.2) is 89.8 Å². The molecule has 0 aliphatic rings. The maximum absolute atomic E-state index is 12.3. The van der Waals surface area contributed by atoms with Crippen LogP contribution in [0.25, 0.3) is 0 Å². The van der Waals surface area contributed by atoms with Crippen LogP contribution >= 0.6 is 0 Å². The maximum Gasteiger partial charge on any atom is 0.261 e. The summed E-state index contributed by atoms with van der Waals surface area (Å²) in [5, 5.41) is 3.25. The van der Waals surface area contributed by atoms with Gasteiger partial charge < -0.3 is 5.32 Å². The van der Waals surface area contributed by atoms with Gasteiger partial charge in [-0.3, -0.25) is 4.72 Å². The summed E-state index contributed by atoms with van der Waals surface area (Å²) < 4.78 is 27.1. The Morgan fingerprint density at radius 3 is 1.65 bits per heavy atom. The fourth-order valence-electron chi connectivity index (χ4n) is 2.12. The summed E-state index contributed by atoms with van der Waals surface area (Å²) in [7, 11) is -3.56. The largest absolute Gasteiger partial charge is 0.356 e. The highest BCUT2D eigenvalue weighted by atomic mass is 32.2. The van der Waals surface area contributed by atoms with Crippen LogP contribution in [0.4, 0.5) is 17.1 Å². The lowest BCUT2D eigenvalue weighted by Crippen LogP contribution is -2.12. The molecule has 0 fully saturated rings. The Bertz CT molecular complexity index is 862. The number of para-hydroxylation sites is 1. The van der Waals surface area contributed by atoms with Crippen molar-refractivity contribution in [2.75, 3.05) is 10.0 Å². The summed E-state index contributed by atoms with van der Waals surface area (Å²) in [6.45, 7) is 0. The molecule has 0 spiro atoms. The van der Waals surface area contributed by atoms with Crippen LogP contribution in [0.2, 0.25) is 0 Å². The molecular formula is C18H16N2O2S. The normalized spacial score (nSPS) is 11.0. The van der Waals surface area contributed by atoms with Crippen molar-refractivity contribution < 1.29 is 8.42 Å². The first-order chi connectivity index (χ1) is 11.1. The molecule has 0 amide bonds. The van der Waals surface area contributed by atoms with Crippen LogP contribution in [0.3, 0.4) is 0 Å². The van der Waals surface area contributed by atoms with E-state index in [-0.39, 0.29) is 4.90 Å². The van der Waals surface area contributed by atoms with Crippen molar-refractivity contribution in [1.29, 1.82) is 0 Å². The molecule has 0 bridgehead atoms. The Labute approximate surface area is 135 Å². The standard InChI is InChI=1S/C18H16N2O2S/c21-23(22,18-9-5-2-6-10-18)20-17-13-11-16(12-14-17)19-15-7-3-1-4-8-15/h1-14,19-20H. The average Bonchev–Trinajstić information content (AvgIpc) is 2.58. The zero-order chi connectivity index (χ0) is 16.1. The zero-order valence-corrected chi connectivity index (χ0v) is 13.1. The number of sulfonamides is 1. The molecule has 0 radical (unpaired) electrons. The van der Waals surface area contributed by atoms with Gasteiger partial charge in [0.1, 0.15) is 0 Å². The Kier molecular flexibility index (Phi) is 4.30. The number of hydrogen-bond acceptors (Lipinski definition) is 3. The predicted molar refractivity (Wildman–Crippen MR) is 93.4 cm³/mol. The predicted octanol–water partition coefficient (Wildman–Crippen LogP) is 4.23. The highest BCUT2D eigenvalue weighted by molar-refractivity contribution is 7.92. The van der Waals surface area contributed by atoms with Crippen molar-refractivity contribution in [2.24, 2.45) is 0 Å². The molecule has 3 rings (SSSR count). The van der Waals surface area contributed by atoms with Gasteiger partial charge in [0, 0.05) is 17.1 Å². The van der Waals surface area contributed by atoms with E-state index in [0.29, 0.717) is 5.69 Å². The highest BCUT2D eigenvalue weighted by Gasteiger charge is 2.13. The van der Waals surface area contributed by atoms with E-state index in [1.54, 1.807) is 42.5 Å². The topological polar surface area (TPSA) is 58.2 Å². The smallest absolute Gasteiger partial charge is 0.261 e. The summed E-state index contributed by atoms with van der Waals surface area (Å²) in [5.41, 5.74) is 2.39. The van der Waals surface area contributed by atoms with Crippen LogP contribution < -0.4 is 10.0 Å². The van der Waals surface area contributed by atoms with Gasteiger partial charge in [-0.15, -0.1) is 0 Å². The van der Waals surface area contributed by atoms with Crippen LogP contribution in [0, 0.1) is 0 Å². The Hall–Kier alpha value is -2.79. The molecule has 0 aliphatic carbocycles. The molecule has 116 valence electrons. The van der Waals surface area contributed by atoms with Crippen LogP contribution in [0.5, 0.6) is 0 Å². The van der Waals surface area contributed by atoms with Crippen molar-refractivity contribution >= 4 is 27.1 Å².